The van der Waals surface area contributed by atoms with Crippen molar-refractivity contribution in [1.29, 1.82) is 0 Å². The first-order valence-corrected chi connectivity index (χ1v) is 8.23. The van der Waals surface area contributed by atoms with Crippen LogP contribution in [0, 0.1) is 5.82 Å². The average molecular weight is 362 g/mol. The van der Waals surface area contributed by atoms with Gasteiger partial charge in [0.05, 0.1) is 28.6 Å². The van der Waals surface area contributed by atoms with Crippen molar-refractivity contribution in [2.75, 3.05) is 22.1 Å². The van der Waals surface area contributed by atoms with Crippen molar-refractivity contribution in [2.45, 2.75) is 19.4 Å². The molecule has 0 unspecified atom stereocenters. The number of carbonyl (C=O) groups is 2. The summed E-state index contributed by atoms with van der Waals surface area (Å²) < 4.78 is 13.1. The van der Waals surface area contributed by atoms with E-state index in [2.05, 4.69) is 10.6 Å². The molecule has 0 bridgehead atoms. The molecule has 2 aromatic rings. The molecule has 1 aliphatic heterocycles. The summed E-state index contributed by atoms with van der Waals surface area (Å²) in [6.07, 6.45) is 0.206. The zero-order valence-electron chi connectivity index (χ0n) is 13.6. The number of para-hydroxylation sites is 2. The first-order valence-electron chi connectivity index (χ1n) is 7.85. The fourth-order valence-electron chi connectivity index (χ4n) is 2.86. The Labute approximate surface area is 149 Å². The molecule has 2 amide bonds. The SMILES string of the molecule is C[C@@H]1CC(=O)Nc2ccccc2N1C(=O)CNc1ccc(F)cc1Cl. The largest absolute Gasteiger partial charge is 0.375 e. The lowest BCUT2D eigenvalue weighted by atomic mass is 10.1. The van der Waals surface area contributed by atoms with Gasteiger partial charge in [-0.05, 0) is 37.3 Å². The summed E-state index contributed by atoms with van der Waals surface area (Å²) in [5.74, 6) is -0.789. The maximum atomic E-state index is 13.1. The molecule has 0 spiro atoms. The van der Waals surface area contributed by atoms with Crippen LogP contribution in [-0.4, -0.2) is 24.4 Å². The van der Waals surface area contributed by atoms with Crippen LogP contribution >= 0.6 is 11.6 Å². The smallest absolute Gasteiger partial charge is 0.246 e. The molecule has 2 N–H and O–H groups in total. The van der Waals surface area contributed by atoms with Gasteiger partial charge < -0.3 is 15.5 Å². The van der Waals surface area contributed by atoms with Crippen molar-refractivity contribution in [2.24, 2.45) is 0 Å². The topological polar surface area (TPSA) is 61.4 Å². The Kier molecular flexibility index (Phi) is 4.90. The van der Waals surface area contributed by atoms with Crippen molar-refractivity contribution in [3.63, 3.8) is 0 Å². The summed E-state index contributed by atoms with van der Waals surface area (Å²) in [5.41, 5.74) is 1.73. The summed E-state index contributed by atoms with van der Waals surface area (Å²) in [5, 5.41) is 5.94. The van der Waals surface area contributed by atoms with E-state index in [1.807, 2.05) is 13.0 Å². The monoisotopic (exact) mass is 361 g/mol. The minimum atomic E-state index is -0.443. The Hall–Kier alpha value is -2.60. The van der Waals surface area contributed by atoms with E-state index in [9.17, 15) is 14.0 Å². The van der Waals surface area contributed by atoms with E-state index < -0.39 is 5.82 Å². The molecular formula is C18H17ClFN3O2. The van der Waals surface area contributed by atoms with E-state index in [-0.39, 0.29) is 35.8 Å². The number of hydrogen-bond donors (Lipinski definition) is 2. The van der Waals surface area contributed by atoms with Crippen molar-refractivity contribution >= 4 is 40.5 Å². The van der Waals surface area contributed by atoms with Crippen molar-refractivity contribution < 1.29 is 14.0 Å². The third-order valence-corrected chi connectivity index (χ3v) is 4.30. The predicted octanol–water partition coefficient (Wildman–Crippen LogP) is 3.65. The second kappa shape index (κ2) is 7.11. The van der Waals surface area contributed by atoms with Gasteiger partial charge in [0, 0.05) is 12.5 Å². The molecule has 0 saturated carbocycles. The lowest BCUT2D eigenvalue weighted by molar-refractivity contribution is -0.118. The van der Waals surface area contributed by atoms with E-state index in [1.54, 1.807) is 23.1 Å². The number of hydrogen-bond acceptors (Lipinski definition) is 3. The van der Waals surface area contributed by atoms with Gasteiger partial charge in [-0.2, -0.15) is 0 Å². The van der Waals surface area contributed by atoms with Gasteiger partial charge >= 0.3 is 0 Å². The third kappa shape index (κ3) is 3.74. The van der Waals surface area contributed by atoms with Crippen LogP contribution in [0.3, 0.4) is 0 Å². The molecule has 0 fully saturated rings. The Morgan fingerprint density at radius 2 is 2.12 bits per heavy atom. The molecule has 7 heteroatoms. The highest BCUT2D eigenvalue weighted by molar-refractivity contribution is 6.33. The summed E-state index contributed by atoms with van der Waals surface area (Å²) in [4.78, 5) is 26.3. The highest BCUT2D eigenvalue weighted by Gasteiger charge is 2.29. The van der Waals surface area contributed by atoms with Gasteiger partial charge in [-0.15, -0.1) is 0 Å². The van der Waals surface area contributed by atoms with Crippen LogP contribution in [0.25, 0.3) is 0 Å². The molecule has 3 rings (SSSR count). The minimum Gasteiger partial charge on any atom is -0.375 e. The van der Waals surface area contributed by atoms with Gasteiger partial charge in [-0.1, -0.05) is 23.7 Å². The standard InChI is InChI=1S/C18H17ClFN3O2/c1-11-8-17(24)22-15-4-2-3-5-16(15)23(11)18(25)10-21-14-7-6-12(20)9-13(14)19/h2-7,9,11,21H,8,10H2,1H3,(H,22,24)/t11-/m1/s1. The van der Waals surface area contributed by atoms with E-state index in [0.29, 0.717) is 17.1 Å². The van der Waals surface area contributed by atoms with Gasteiger partial charge in [-0.3, -0.25) is 9.59 Å². The van der Waals surface area contributed by atoms with Crippen molar-refractivity contribution in [3.05, 3.63) is 53.3 Å². The number of halogens is 2. The van der Waals surface area contributed by atoms with Gasteiger partial charge in [-0.25, -0.2) is 4.39 Å². The maximum absolute atomic E-state index is 13.1. The number of fused-ring (bicyclic) bond motifs is 1. The van der Waals surface area contributed by atoms with Gasteiger partial charge in [0.1, 0.15) is 5.82 Å². The van der Waals surface area contributed by atoms with E-state index in [0.717, 1.165) is 0 Å². The molecule has 25 heavy (non-hydrogen) atoms. The first-order chi connectivity index (χ1) is 12.0. The third-order valence-electron chi connectivity index (χ3n) is 3.99. The molecule has 0 aliphatic carbocycles. The number of amides is 2. The summed E-state index contributed by atoms with van der Waals surface area (Å²) >= 11 is 5.97. The van der Waals surface area contributed by atoms with Gasteiger partial charge in [0.15, 0.2) is 0 Å². The molecule has 0 radical (unpaired) electrons. The quantitative estimate of drug-likeness (QED) is 0.877. The molecule has 2 aromatic carbocycles. The Morgan fingerprint density at radius 3 is 2.88 bits per heavy atom. The van der Waals surface area contributed by atoms with Crippen LogP contribution in [0.1, 0.15) is 13.3 Å². The van der Waals surface area contributed by atoms with E-state index >= 15 is 0 Å². The Balaban J connectivity index is 1.81. The molecule has 1 heterocycles. The van der Waals surface area contributed by atoms with Crippen molar-refractivity contribution in [1.82, 2.24) is 0 Å². The van der Waals surface area contributed by atoms with E-state index in [4.69, 9.17) is 11.6 Å². The van der Waals surface area contributed by atoms with Gasteiger partial charge in [0.2, 0.25) is 11.8 Å². The summed E-state index contributed by atoms with van der Waals surface area (Å²) in [6.45, 7) is 1.79. The fraction of sp³-hybridized carbons (Fsp3) is 0.222. The lowest BCUT2D eigenvalue weighted by Crippen LogP contribution is -2.42. The lowest BCUT2D eigenvalue weighted by Gasteiger charge is -2.28. The first kappa shape index (κ1) is 17.2. The van der Waals surface area contributed by atoms with Crippen LogP contribution in [0.15, 0.2) is 42.5 Å². The fourth-order valence-corrected chi connectivity index (χ4v) is 3.09. The number of benzene rings is 2. The number of rotatable bonds is 3. The van der Waals surface area contributed by atoms with Crippen LogP contribution in [0.2, 0.25) is 5.02 Å². The van der Waals surface area contributed by atoms with Crippen molar-refractivity contribution in [3.8, 4) is 0 Å². The minimum absolute atomic E-state index is 0.0295. The average Bonchev–Trinajstić information content (AvgIpc) is 2.68. The number of anilines is 3. The summed E-state index contributed by atoms with van der Waals surface area (Å²) in [7, 11) is 0. The predicted molar refractivity (Wildman–Crippen MR) is 96.5 cm³/mol. The van der Waals surface area contributed by atoms with Crippen LogP contribution < -0.4 is 15.5 Å². The second-order valence-corrected chi connectivity index (χ2v) is 6.27. The zero-order chi connectivity index (χ0) is 18.0. The van der Waals surface area contributed by atoms with Crippen LogP contribution in [0.5, 0.6) is 0 Å². The maximum Gasteiger partial charge on any atom is 0.246 e. The zero-order valence-corrected chi connectivity index (χ0v) is 14.3. The summed E-state index contributed by atoms with van der Waals surface area (Å²) in [6, 6.07) is 10.8. The van der Waals surface area contributed by atoms with Crippen LogP contribution in [-0.2, 0) is 9.59 Å². The highest BCUT2D eigenvalue weighted by atomic mass is 35.5. The molecular weight excluding hydrogens is 345 g/mol. The number of carbonyl (C=O) groups excluding carboxylic acids is 2. The highest BCUT2D eigenvalue weighted by Crippen LogP contribution is 2.31. The van der Waals surface area contributed by atoms with Crippen LogP contribution in [0.4, 0.5) is 21.5 Å². The number of nitrogens with one attached hydrogen (secondary N) is 2. The molecule has 5 nitrogen and oxygen atoms in total. The molecule has 130 valence electrons. The molecule has 0 aromatic heterocycles. The Bertz CT molecular complexity index is 828. The number of nitrogens with zero attached hydrogens (tertiary/aromatic N) is 1. The van der Waals surface area contributed by atoms with E-state index in [1.165, 1.54) is 18.2 Å². The normalized spacial score (nSPS) is 16.7. The molecule has 1 atom stereocenters. The Morgan fingerprint density at radius 1 is 1.36 bits per heavy atom. The second-order valence-electron chi connectivity index (χ2n) is 5.86. The van der Waals surface area contributed by atoms with Gasteiger partial charge in [0.25, 0.3) is 0 Å². The molecule has 1 aliphatic rings. The molecule has 0 saturated heterocycles.